The number of nitrogen functional groups attached to an aromatic ring is 1. The van der Waals surface area contributed by atoms with Crippen LogP contribution in [0.3, 0.4) is 0 Å². The summed E-state index contributed by atoms with van der Waals surface area (Å²) >= 11 is 9.57. The minimum absolute atomic E-state index is 0.255. The minimum atomic E-state index is 0.255. The molecule has 1 aromatic carbocycles. The first kappa shape index (κ1) is 13.3. The highest BCUT2D eigenvalue weighted by atomic mass is 79.9. The third-order valence-electron chi connectivity index (χ3n) is 2.56. The molecule has 2 rings (SSSR count). The summed E-state index contributed by atoms with van der Waals surface area (Å²) in [4.78, 5) is 8.82. The zero-order valence-corrected chi connectivity index (χ0v) is 12.5. The smallest absolute Gasteiger partial charge is 0.163 e. The highest BCUT2D eigenvalue weighted by Crippen LogP contribution is 2.31. The third kappa shape index (κ3) is 2.49. The fraction of sp³-hybridized carbons (Fsp3) is 0.231. The molecule has 0 bridgehead atoms. The maximum absolute atomic E-state index is 6.15. The molecule has 3 nitrogen and oxygen atoms in total. The van der Waals surface area contributed by atoms with Crippen molar-refractivity contribution in [2.45, 2.75) is 19.8 Å². The summed E-state index contributed by atoms with van der Waals surface area (Å²) < 4.78 is 0.758. The quantitative estimate of drug-likeness (QED) is 0.897. The van der Waals surface area contributed by atoms with Crippen molar-refractivity contribution in [1.82, 2.24) is 9.97 Å². The van der Waals surface area contributed by atoms with Crippen LogP contribution in [0.4, 0.5) is 5.82 Å². The van der Waals surface area contributed by atoms with Crippen LogP contribution in [0.5, 0.6) is 0 Å². The second-order valence-corrected chi connectivity index (χ2v) is 5.47. The van der Waals surface area contributed by atoms with E-state index in [1.54, 1.807) is 0 Å². The number of anilines is 1. The second-order valence-electron chi connectivity index (χ2n) is 4.27. The molecule has 18 heavy (non-hydrogen) atoms. The van der Waals surface area contributed by atoms with Crippen LogP contribution in [0, 0.1) is 0 Å². The summed E-state index contributed by atoms with van der Waals surface area (Å²) in [5.74, 6) is 1.25. The number of hydrogen-bond acceptors (Lipinski definition) is 3. The highest BCUT2D eigenvalue weighted by Gasteiger charge is 2.15. The van der Waals surface area contributed by atoms with Crippen molar-refractivity contribution >= 4 is 33.3 Å². The van der Waals surface area contributed by atoms with Gasteiger partial charge in [-0.05, 0) is 34.0 Å². The van der Waals surface area contributed by atoms with Crippen LogP contribution in [-0.2, 0) is 0 Å². The first-order chi connectivity index (χ1) is 8.50. The van der Waals surface area contributed by atoms with Gasteiger partial charge in [-0.15, -0.1) is 0 Å². The summed E-state index contributed by atoms with van der Waals surface area (Å²) in [6.07, 6.45) is 0. The summed E-state index contributed by atoms with van der Waals surface area (Å²) in [6, 6.07) is 7.47. The number of benzene rings is 1. The van der Waals surface area contributed by atoms with E-state index < -0.39 is 0 Å². The SMILES string of the molecule is CC(C)c1nc(-c2ccccc2Cl)nc(N)c1Br. The molecule has 0 atom stereocenters. The Balaban J connectivity index is 2.63. The van der Waals surface area contributed by atoms with Gasteiger partial charge in [-0.1, -0.05) is 37.6 Å². The van der Waals surface area contributed by atoms with Crippen molar-refractivity contribution in [3.8, 4) is 11.4 Å². The molecule has 1 aromatic heterocycles. The number of aromatic nitrogens is 2. The van der Waals surface area contributed by atoms with Crippen molar-refractivity contribution in [2.24, 2.45) is 0 Å². The van der Waals surface area contributed by atoms with E-state index in [1.165, 1.54) is 0 Å². The zero-order chi connectivity index (χ0) is 13.3. The summed E-state index contributed by atoms with van der Waals surface area (Å²) in [5, 5.41) is 0.619. The number of nitrogens with zero attached hydrogens (tertiary/aromatic N) is 2. The summed E-state index contributed by atoms with van der Waals surface area (Å²) in [6.45, 7) is 4.12. The number of halogens is 2. The fourth-order valence-corrected chi connectivity index (χ4v) is 2.48. The number of rotatable bonds is 2. The van der Waals surface area contributed by atoms with E-state index in [0.29, 0.717) is 16.7 Å². The van der Waals surface area contributed by atoms with Crippen LogP contribution < -0.4 is 5.73 Å². The largest absolute Gasteiger partial charge is 0.383 e. The first-order valence-electron chi connectivity index (χ1n) is 5.58. The Labute approximate surface area is 120 Å². The van der Waals surface area contributed by atoms with Crippen LogP contribution in [0.15, 0.2) is 28.7 Å². The molecule has 0 aliphatic carbocycles. The Kier molecular flexibility index (Phi) is 3.88. The molecular weight excluding hydrogens is 314 g/mol. The normalized spacial score (nSPS) is 10.9. The van der Waals surface area contributed by atoms with Crippen LogP contribution in [0.1, 0.15) is 25.5 Å². The van der Waals surface area contributed by atoms with E-state index in [0.717, 1.165) is 15.7 Å². The predicted octanol–water partition coefficient (Wildman–Crippen LogP) is 4.27. The molecule has 0 aliphatic rings. The van der Waals surface area contributed by atoms with E-state index in [1.807, 2.05) is 24.3 Å². The van der Waals surface area contributed by atoms with Gasteiger partial charge in [-0.3, -0.25) is 0 Å². The van der Waals surface area contributed by atoms with Gasteiger partial charge < -0.3 is 5.73 Å². The molecule has 2 N–H and O–H groups in total. The van der Waals surface area contributed by atoms with Gasteiger partial charge in [-0.2, -0.15) is 0 Å². The molecular formula is C13H13BrClN3. The van der Waals surface area contributed by atoms with Gasteiger partial charge in [-0.25, -0.2) is 9.97 Å². The lowest BCUT2D eigenvalue weighted by Gasteiger charge is -2.12. The van der Waals surface area contributed by atoms with Gasteiger partial charge >= 0.3 is 0 Å². The van der Waals surface area contributed by atoms with E-state index in [-0.39, 0.29) is 5.92 Å². The topological polar surface area (TPSA) is 51.8 Å². The molecule has 0 saturated heterocycles. The van der Waals surface area contributed by atoms with Gasteiger partial charge in [0.1, 0.15) is 5.82 Å². The van der Waals surface area contributed by atoms with E-state index in [4.69, 9.17) is 17.3 Å². The van der Waals surface area contributed by atoms with Crippen LogP contribution >= 0.6 is 27.5 Å². The van der Waals surface area contributed by atoms with Gasteiger partial charge in [0.05, 0.1) is 15.2 Å². The van der Waals surface area contributed by atoms with E-state index in [9.17, 15) is 0 Å². The lowest BCUT2D eigenvalue weighted by molar-refractivity contribution is 0.811. The Morgan fingerprint density at radius 2 is 1.89 bits per heavy atom. The molecule has 94 valence electrons. The fourth-order valence-electron chi connectivity index (χ4n) is 1.63. The Morgan fingerprint density at radius 3 is 2.50 bits per heavy atom. The monoisotopic (exact) mass is 325 g/mol. The lowest BCUT2D eigenvalue weighted by Crippen LogP contribution is -2.04. The Morgan fingerprint density at radius 1 is 1.22 bits per heavy atom. The van der Waals surface area contributed by atoms with Crippen LogP contribution in [-0.4, -0.2) is 9.97 Å². The second kappa shape index (κ2) is 5.24. The maximum Gasteiger partial charge on any atom is 0.163 e. The molecule has 0 radical (unpaired) electrons. The number of hydrogen-bond donors (Lipinski definition) is 1. The highest BCUT2D eigenvalue weighted by molar-refractivity contribution is 9.10. The van der Waals surface area contributed by atoms with Crippen molar-refractivity contribution in [1.29, 1.82) is 0 Å². The van der Waals surface area contributed by atoms with Crippen molar-refractivity contribution < 1.29 is 0 Å². The molecule has 0 saturated carbocycles. The standard InChI is InChI=1S/C13H13BrClN3/c1-7(2)11-10(14)12(16)18-13(17-11)8-5-3-4-6-9(8)15/h3-7H,1-2H3,(H2,16,17,18). The molecule has 0 spiro atoms. The van der Waals surface area contributed by atoms with Crippen molar-refractivity contribution in [3.63, 3.8) is 0 Å². The first-order valence-corrected chi connectivity index (χ1v) is 6.75. The van der Waals surface area contributed by atoms with Crippen molar-refractivity contribution in [2.75, 3.05) is 5.73 Å². The summed E-state index contributed by atoms with van der Waals surface area (Å²) in [5.41, 5.74) is 7.58. The Bertz CT molecular complexity index is 584. The minimum Gasteiger partial charge on any atom is -0.383 e. The van der Waals surface area contributed by atoms with Gasteiger partial charge in [0.15, 0.2) is 5.82 Å². The van der Waals surface area contributed by atoms with Gasteiger partial charge in [0.25, 0.3) is 0 Å². The molecule has 2 aromatic rings. The van der Waals surface area contributed by atoms with E-state index in [2.05, 4.69) is 39.7 Å². The zero-order valence-electron chi connectivity index (χ0n) is 10.1. The average molecular weight is 327 g/mol. The van der Waals surface area contributed by atoms with Crippen molar-refractivity contribution in [3.05, 3.63) is 39.5 Å². The predicted molar refractivity (Wildman–Crippen MR) is 78.7 cm³/mol. The average Bonchev–Trinajstić information content (AvgIpc) is 2.33. The number of nitrogens with two attached hydrogens (primary N) is 1. The lowest BCUT2D eigenvalue weighted by atomic mass is 10.1. The summed E-state index contributed by atoms with van der Waals surface area (Å²) in [7, 11) is 0. The molecule has 0 amide bonds. The molecule has 0 aliphatic heterocycles. The van der Waals surface area contributed by atoms with Crippen LogP contribution in [0.2, 0.25) is 5.02 Å². The molecule has 0 fully saturated rings. The molecule has 0 unspecified atom stereocenters. The van der Waals surface area contributed by atoms with Crippen LogP contribution in [0.25, 0.3) is 11.4 Å². The van der Waals surface area contributed by atoms with Gasteiger partial charge in [0.2, 0.25) is 0 Å². The molecule has 1 heterocycles. The maximum atomic E-state index is 6.15. The van der Waals surface area contributed by atoms with Gasteiger partial charge in [0, 0.05) is 5.56 Å². The van der Waals surface area contributed by atoms with E-state index >= 15 is 0 Å². The third-order valence-corrected chi connectivity index (χ3v) is 3.71. The Hall–Kier alpha value is -1.13. The molecule has 5 heteroatoms.